The van der Waals surface area contributed by atoms with Gasteiger partial charge in [0, 0.05) is 31.7 Å². The third kappa shape index (κ3) is 5.24. The van der Waals surface area contributed by atoms with Gasteiger partial charge in [-0.2, -0.15) is 0 Å². The Labute approximate surface area is 191 Å². The summed E-state index contributed by atoms with van der Waals surface area (Å²) in [6.07, 6.45) is 3.33. The zero-order valence-corrected chi connectivity index (χ0v) is 19.4. The van der Waals surface area contributed by atoms with Crippen molar-refractivity contribution in [2.45, 2.75) is 39.7 Å². The van der Waals surface area contributed by atoms with Crippen molar-refractivity contribution in [1.29, 1.82) is 0 Å². The molecule has 2 aromatic carbocycles. The molecule has 5 heteroatoms. The first-order valence-corrected chi connectivity index (χ1v) is 11.8. The second-order valence-electron chi connectivity index (χ2n) is 9.55. The Balaban J connectivity index is 1.34. The summed E-state index contributed by atoms with van der Waals surface area (Å²) in [7, 11) is 0. The number of para-hydroxylation sites is 1. The van der Waals surface area contributed by atoms with Crippen LogP contribution in [0.3, 0.4) is 0 Å². The van der Waals surface area contributed by atoms with Gasteiger partial charge in [-0.05, 0) is 55.3 Å². The summed E-state index contributed by atoms with van der Waals surface area (Å²) in [6.45, 7) is 9.86. The van der Waals surface area contributed by atoms with E-state index in [0.29, 0.717) is 21.9 Å². The van der Waals surface area contributed by atoms with E-state index in [2.05, 4.69) is 43.0 Å². The van der Waals surface area contributed by atoms with Crippen LogP contribution in [0.15, 0.2) is 48.5 Å². The molecule has 2 aliphatic heterocycles. The van der Waals surface area contributed by atoms with Crippen molar-refractivity contribution in [3.05, 3.63) is 64.7 Å². The van der Waals surface area contributed by atoms with Crippen LogP contribution in [-0.2, 0) is 6.54 Å². The standard InChI is InChI=1S/C26H33ClN2O2/c1-20(2)18-31-24-10-6-3-7-21(24)17-28-14-11-26(19-28)12-15-29(16-13-26)25(30)22-8-4-5-9-23(22)27/h3-10,20H,11-19H2,1-2H3. The summed E-state index contributed by atoms with van der Waals surface area (Å²) in [6, 6.07) is 15.8. The van der Waals surface area contributed by atoms with Gasteiger partial charge < -0.3 is 9.64 Å². The Bertz CT molecular complexity index is 906. The maximum Gasteiger partial charge on any atom is 0.255 e. The SMILES string of the molecule is CC(C)COc1ccccc1CN1CCC2(CCN(C(=O)c3ccccc3Cl)CC2)C1. The van der Waals surface area contributed by atoms with E-state index < -0.39 is 0 Å². The molecule has 4 nitrogen and oxygen atoms in total. The summed E-state index contributed by atoms with van der Waals surface area (Å²) in [4.78, 5) is 17.4. The molecule has 0 radical (unpaired) electrons. The minimum Gasteiger partial charge on any atom is -0.493 e. The number of amides is 1. The van der Waals surface area contributed by atoms with E-state index in [1.807, 2.05) is 23.1 Å². The Morgan fingerprint density at radius 2 is 1.71 bits per heavy atom. The Morgan fingerprint density at radius 1 is 1.03 bits per heavy atom. The summed E-state index contributed by atoms with van der Waals surface area (Å²) in [5, 5.41) is 0.540. The van der Waals surface area contributed by atoms with Crippen molar-refractivity contribution in [3.63, 3.8) is 0 Å². The molecule has 2 saturated heterocycles. The Kier molecular flexibility index (Phi) is 6.88. The summed E-state index contributed by atoms with van der Waals surface area (Å²) in [5.74, 6) is 1.59. The lowest BCUT2D eigenvalue weighted by molar-refractivity contribution is 0.0588. The molecule has 2 aliphatic rings. The predicted octanol–water partition coefficient (Wildman–Crippen LogP) is 5.50. The Hall–Kier alpha value is -2.04. The first-order chi connectivity index (χ1) is 15.0. The second kappa shape index (κ2) is 9.62. The molecule has 0 N–H and O–H groups in total. The highest BCUT2D eigenvalue weighted by atomic mass is 35.5. The number of halogens is 1. The number of likely N-dealkylation sites (tertiary alicyclic amines) is 2. The summed E-state index contributed by atoms with van der Waals surface area (Å²) < 4.78 is 6.06. The molecule has 0 saturated carbocycles. The van der Waals surface area contributed by atoms with Gasteiger partial charge in [-0.3, -0.25) is 9.69 Å². The van der Waals surface area contributed by atoms with Gasteiger partial charge in [0.05, 0.1) is 17.2 Å². The van der Waals surface area contributed by atoms with Crippen molar-refractivity contribution >= 4 is 17.5 Å². The average Bonchev–Trinajstić information content (AvgIpc) is 3.15. The highest BCUT2D eigenvalue weighted by molar-refractivity contribution is 6.33. The third-order valence-corrected chi connectivity index (χ3v) is 7.00. The minimum absolute atomic E-state index is 0.0616. The number of nitrogens with zero attached hydrogens (tertiary/aromatic N) is 2. The van der Waals surface area contributed by atoms with Crippen LogP contribution in [0.2, 0.25) is 5.02 Å². The van der Waals surface area contributed by atoms with Crippen molar-refractivity contribution in [3.8, 4) is 5.75 Å². The lowest BCUT2D eigenvalue weighted by Crippen LogP contribution is -2.44. The van der Waals surface area contributed by atoms with Gasteiger partial charge in [0.25, 0.3) is 5.91 Å². The van der Waals surface area contributed by atoms with Crippen molar-refractivity contribution < 1.29 is 9.53 Å². The first kappa shape index (κ1) is 22.2. The van der Waals surface area contributed by atoms with E-state index in [1.54, 1.807) is 6.07 Å². The van der Waals surface area contributed by atoms with E-state index in [-0.39, 0.29) is 5.91 Å². The Morgan fingerprint density at radius 3 is 2.45 bits per heavy atom. The molecule has 2 fully saturated rings. The zero-order chi connectivity index (χ0) is 21.8. The normalized spacial score (nSPS) is 18.6. The topological polar surface area (TPSA) is 32.8 Å². The number of rotatable bonds is 6. The molecule has 0 atom stereocenters. The largest absolute Gasteiger partial charge is 0.493 e. The predicted molar refractivity (Wildman–Crippen MR) is 126 cm³/mol. The second-order valence-corrected chi connectivity index (χ2v) is 9.95. The van der Waals surface area contributed by atoms with Crippen LogP contribution in [-0.4, -0.2) is 48.5 Å². The number of hydrogen-bond donors (Lipinski definition) is 0. The van der Waals surface area contributed by atoms with E-state index in [1.165, 1.54) is 12.0 Å². The third-order valence-electron chi connectivity index (χ3n) is 6.67. The van der Waals surface area contributed by atoms with Crippen molar-refractivity contribution in [2.24, 2.45) is 11.3 Å². The molecule has 1 amide bonds. The highest BCUT2D eigenvalue weighted by Crippen LogP contribution is 2.41. The highest BCUT2D eigenvalue weighted by Gasteiger charge is 2.41. The van der Waals surface area contributed by atoms with E-state index in [4.69, 9.17) is 16.3 Å². The van der Waals surface area contributed by atoms with Gasteiger partial charge in [0.15, 0.2) is 0 Å². The maximum atomic E-state index is 12.9. The lowest BCUT2D eigenvalue weighted by atomic mass is 9.77. The fourth-order valence-corrected chi connectivity index (χ4v) is 5.05. The van der Waals surface area contributed by atoms with Crippen molar-refractivity contribution in [1.82, 2.24) is 9.80 Å². The molecule has 0 aromatic heterocycles. The molecule has 2 aromatic rings. The number of ether oxygens (including phenoxy) is 1. The van der Waals surface area contributed by atoms with E-state index in [0.717, 1.165) is 57.9 Å². The average molecular weight is 441 g/mol. The van der Waals surface area contributed by atoms with Crippen LogP contribution < -0.4 is 4.74 Å². The fourth-order valence-electron chi connectivity index (χ4n) is 4.83. The number of piperidine rings is 1. The van der Waals surface area contributed by atoms with Crippen LogP contribution >= 0.6 is 11.6 Å². The maximum absolute atomic E-state index is 12.9. The molecule has 1 spiro atoms. The van der Waals surface area contributed by atoms with Gasteiger partial charge in [-0.15, -0.1) is 0 Å². The fraction of sp³-hybridized carbons (Fsp3) is 0.500. The van der Waals surface area contributed by atoms with Gasteiger partial charge in [0.1, 0.15) is 5.75 Å². The number of hydrogen-bond acceptors (Lipinski definition) is 3. The van der Waals surface area contributed by atoms with Gasteiger partial charge in [0.2, 0.25) is 0 Å². The van der Waals surface area contributed by atoms with Crippen LogP contribution in [0.25, 0.3) is 0 Å². The molecule has 0 unspecified atom stereocenters. The molecule has 31 heavy (non-hydrogen) atoms. The van der Waals surface area contributed by atoms with E-state index in [9.17, 15) is 4.79 Å². The number of benzene rings is 2. The monoisotopic (exact) mass is 440 g/mol. The van der Waals surface area contributed by atoms with Crippen LogP contribution in [0.4, 0.5) is 0 Å². The first-order valence-electron chi connectivity index (χ1n) is 11.4. The van der Waals surface area contributed by atoms with Crippen molar-refractivity contribution in [2.75, 3.05) is 32.8 Å². The summed E-state index contributed by atoms with van der Waals surface area (Å²) >= 11 is 6.24. The van der Waals surface area contributed by atoms with Crippen LogP contribution in [0.1, 0.15) is 49.0 Å². The lowest BCUT2D eigenvalue weighted by Gasteiger charge is -2.39. The smallest absolute Gasteiger partial charge is 0.255 e. The molecule has 0 bridgehead atoms. The van der Waals surface area contributed by atoms with Gasteiger partial charge in [-0.25, -0.2) is 0 Å². The molecule has 0 aliphatic carbocycles. The molecular weight excluding hydrogens is 408 g/mol. The molecule has 4 rings (SSSR count). The van der Waals surface area contributed by atoms with Crippen LogP contribution in [0, 0.1) is 11.3 Å². The molecule has 166 valence electrons. The van der Waals surface area contributed by atoms with Gasteiger partial charge in [-0.1, -0.05) is 55.8 Å². The zero-order valence-electron chi connectivity index (χ0n) is 18.6. The molecular formula is C26H33ClN2O2. The number of carbonyl (C=O) groups excluding carboxylic acids is 1. The molecule has 2 heterocycles. The summed E-state index contributed by atoms with van der Waals surface area (Å²) in [5.41, 5.74) is 2.21. The van der Waals surface area contributed by atoms with Crippen LogP contribution in [0.5, 0.6) is 5.75 Å². The quantitative estimate of drug-likeness (QED) is 0.594. The number of carbonyl (C=O) groups is 1. The minimum atomic E-state index is 0.0616. The van der Waals surface area contributed by atoms with E-state index >= 15 is 0 Å². The van der Waals surface area contributed by atoms with Gasteiger partial charge >= 0.3 is 0 Å².